The third kappa shape index (κ3) is 13.1. The highest BCUT2D eigenvalue weighted by Crippen LogP contribution is 2.28. The second-order valence-electron chi connectivity index (χ2n) is 14.5. The van der Waals surface area contributed by atoms with Gasteiger partial charge in [0.2, 0.25) is 10.6 Å². The number of fused-ring (bicyclic) bond motifs is 2. The van der Waals surface area contributed by atoms with Crippen LogP contribution in [0.4, 0.5) is 0 Å². The maximum atomic E-state index is 8.58. The Morgan fingerprint density at radius 3 is 1.56 bits per heavy atom. The molecule has 0 amide bonds. The monoisotopic (exact) mass is 798 g/mol. The molecule has 0 saturated heterocycles. The fraction of sp³-hybridized carbons (Fsp3) is 0.333. The number of halogens is 3. The number of aromatic nitrogens is 6. The largest absolute Gasteiger partial charge is 0.488 e. The summed E-state index contributed by atoms with van der Waals surface area (Å²) >= 11 is 18.0. The summed E-state index contributed by atoms with van der Waals surface area (Å²) in [5.41, 5.74) is 3.92. The van der Waals surface area contributed by atoms with E-state index in [0.717, 1.165) is 53.0 Å². The van der Waals surface area contributed by atoms with E-state index in [0.29, 0.717) is 29.7 Å². The summed E-state index contributed by atoms with van der Waals surface area (Å²) in [5.74, 6) is 0. The molecule has 52 heavy (non-hydrogen) atoms. The minimum atomic E-state index is -1.34. The Balaban J connectivity index is 0.000000192. The van der Waals surface area contributed by atoms with Gasteiger partial charge >= 0.3 is 7.12 Å². The van der Waals surface area contributed by atoms with E-state index in [1.807, 2.05) is 70.1 Å². The normalized spacial score (nSPS) is 11.6. The number of benzene rings is 2. The Hall–Kier alpha value is -3.11. The Bertz CT molecular complexity index is 2010. The van der Waals surface area contributed by atoms with Crippen molar-refractivity contribution in [2.24, 2.45) is 0 Å². The number of ether oxygens (including phenoxy) is 2. The molecule has 276 valence electrons. The third-order valence-corrected chi connectivity index (χ3v) is 11.8. The van der Waals surface area contributed by atoms with Crippen LogP contribution >= 0.6 is 34.8 Å². The summed E-state index contributed by atoms with van der Waals surface area (Å²) < 4.78 is 15.4. The van der Waals surface area contributed by atoms with E-state index in [1.165, 1.54) is 0 Å². The van der Waals surface area contributed by atoms with E-state index < -0.39 is 23.3 Å². The molecular formula is C36H46BCl3N6O4Si2. The zero-order valence-corrected chi connectivity index (χ0v) is 34.7. The summed E-state index contributed by atoms with van der Waals surface area (Å²) in [7, 11) is -3.47. The van der Waals surface area contributed by atoms with Gasteiger partial charge < -0.3 is 28.7 Å². The van der Waals surface area contributed by atoms with Gasteiger partial charge in [-0.15, -0.1) is 0 Å². The molecule has 6 aromatic rings. The molecule has 6 rings (SSSR count). The smallest absolute Gasteiger partial charge is 0.423 e. The molecule has 4 heterocycles. The Kier molecular flexibility index (Phi) is 15.4. The Morgan fingerprint density at radius 2 is 1.08 bits per heavy atom. The summed E-state index contributed by atoms with van der Waals surface area (Å²) in [4.78, 5) is 16.9. The van der Waals surface area contributed by atoms with Gasteiger partial charge in [-0.2, -0.15) is 9.97 Å². The van der Waals surface area contributed by atoms with Crippen LogP contribution in [0.25, 0.3) is 33.3 Å². The van der Waals surface area contributed by atoms with E-state index in [1.54, 1.807) is 24.3 Å². The molecule has 0 fully saturated rings. The minimum absolute atomic E-state index is 0.152. The van der Waals surface area contributed by atoms with Gasteiger partial charge in [-0.05, 0) is 52.9 Å². The highest BCUT2D eigenvalue weighted by Gasteiger charge is 2.16. The number of hydrogen-bond donors (Lipinski definition) is 2. The fourth-order valence-electron chi connectivity index (χ4n) is 4.77. The molecule has 2 N–H and O–H groups in total. The van der Waals surface area contributed by atoms with E-state index in [4.69, 9.17) is 54.3 Å². The molecule has 0 spiro atoms. The van der Waals surface area contributed by atoms with Gasteiger partial charge in [0, 0.05) is 52.7 Å². The van der Waals surface area contributed by atoms with Gasteiger partial charge in [-0.3, -0.25) is 0 Å². The lowest BCUT2D eigenvalue weighted by Gasteiger charge is -2.15. The lowest BCUT2D eigenvalue weighted by atomic mass is 9.81. The van der Waals surface area contributed by atoms with Gasteiger partial charge in [0.1, 0.15) is 29.9 Å². The first-order valence-corrected chi connectivity index (χ1v) is 25.5. The first-order valence-electron chi connectivity index (χ1n) is 16.9. The minimum Gasteiger partial charge on any atom is -0.423 e. The second kappa shape index (κ2) is 19.3. The average molecular weight is 800 g/mol. The average Bonchev–Trinajstić information content (AvgIpc) is 3.69. The van der Waals surface area contributed by atoms with Crippen LogP contribution in [0.5, 0.6) is 0 Å². The first kappa shape index (κ1) is 41.6. The summed E-state index contributed by atoms with van der Waals surface area (Å²) in [6.07, 6.45) is 3.87. The van der Waals surface area contributed by atoms with Crippen molar-refractivity contribution in [3.8, 4) is 11.3 Å². The van der Waals surface area contributed by atoms with Crippen LogP contribution < -0.4 is 5.46 Å². The quantitative estimate of drug-likeness (QED) is 0.0548. The van der Waals surface area contributed by atoms with Crippen molar-refractivity contribution in [1.29, 1.82) is 0 Å². The van der Waals surface area contributed by atoms with Gasteiger partial charge in [0.15, 0.2) is 0 Å². The van der Waals surface area contributed by atoms with Crippen molar-refractivity contribution < 1.29 is 19.5 Å². The second-order valence-corrected chi connectivity index (χ2v) is 26.8. The summed E-state index contributed by atoms with van der Waals surface area (Å²) in [6, 6.07) is 24.9. The van der Waals surface area contributed by atoms with Crippen LogP contribution in [0.2, 0.25) is 67.1 Å². The molecule has 16 heteroatoms. The van der Waals surface area contributed by atoms with Crippen LogP contribution in [-0.2, 0) is 22.9 Å². The molecular weight excluding hydrogens is 754 g/mol. The number of nitrogens with zero attached hydrogens (tertiary/aromatic N) is 6. The van der Waals surface area contributed by atoms with E-state index in [-0.39, 0.29) is 10.6 Å². The zero-order chi connectivity index (χ0) is 37.9. The molecule has 0 atom stereocenters. The lowest BCUT2D eigenvalue weighted by molar-refractivity contribution is 0.0898. The third-order valence-electron chi connectivity index (χ3n) is 7.73. The van der Waals surface area contributed by atoms with Crippen molar-refractivity contribution in [3.63, 3.8) is 0 Å². The SMILES string of the molecule is C[Si](C)(C)CCOCn1ccc2c(-c3ccccc3)nc(Cl)nc21.C[Si](C)(C)CCOCn1ccc2c(Cl)nc(Cl)nc21.OB(O)c1ccccc1. The van der Waals surface area contributed by atoms with Gasteiger partial charge in [-0.25, -0.2) is 9.97 Å². The molecule has 0 radical (unpaired) electrons. The first-order chi connectivity index (χ1) is 24.6. The van der Waals surface area contributed by atoms with Crippen LogP contribution in [0.15, 0.2) is 85.2 Å². The topological polar surface area (TPSA) is 120 Å². The van der Waals surface area contributed by atoms with Crippen LogP contribution in [-0.4, -0.2) is 75.6 Å². The number of hydrogen-bond acceptors (Lipinski definition) is 8. The zero-order valence-electron chi connectivity index (χ0n) is 30.4. The highest BCUT2D eigenvalue weighted by molar-refractivity contribution is 6.76. The van der Waals surface area contributed by atoms with Gasteiger partial charge in [0.25, 0.3) is 0 Å². The van der Waals surface area contributed by atoms with E-state index in [2.05, 4.69) is 59.2 Å². The summed E-state index contributed by atoms with van der Waals surface area (Å²) in [5, 5.41) is 19.7. The van der Waals surface area contributed by atoms with Crippen molar-refractivity contribution in [2.75, 3.05) is 13.2 Å². The molecule has 10 nitrogen and oxygen atoms in total. The molecule has 0 bridgehead atoms. The molecule has 0 aliphatic heterocycles. The maximum Gasteiger partial charge on any atom is 0.488 e. The Morgan fingerprint density at radius 1 is 0.615 bits per heavy atom. The molecule has 0 unspecified atom stereocenters. The molecule has 0 saturated carbocycles. The van der Waals surface area contributed by atoms with E-state index >= 15 is 0 Å². The molecule has 0 aliphatic rings. The molecule has 4 aromatic heterocycles. The van der Waals surface area contributed by atoms with Gasteiger partial charge in [-0.1, -0.05) is 112 Å². The predicted molar refractivity (Wildman–Crippen MR) is 220 cm³/mol. The van der Waals surface area contributed by atoms with Crippen molar-refractivity contribution in [1.82, 2.24) is 29.1 Å². The van der Waals surface area contributed by atoms with Crippen LogP contribution in [0, 0.1) is 0 Å². The Labute approximate surface area is 322 Å². The fourth-order valence-corrected chi connectivity index (χ4v) is 6.89. The maximum absolute atomic E-state index is 8.58. The molecule has 0 aliphatic carbocycles. The molecule has 2 aromatic carbocycles. The highest BCUT2D eigenvalue weighted by atomic mass is 35.5. The van der Waals surface area contributed by atoms with Crippen LogP contribution in [0.3, 0.4) is 0 Å². The predicted octanol–water partition coefficient (Wildman–Crippen LogP) is 8.48. The van der Waals surface area contributed by atoms with Crippen molar-refractivity contribution in [2.45, 2.75) is 64.8 Å². The van der Waals surface area contributed by atoms with Crippen molar-refractivity contribution >= 4 is 85.6 Å². The summed E-state index contributed by atoms with van der Waals surface area (Å²) in [6.45, 7) is 16.5. The van der Waals surface area contributed by atoms with Gasteiger partial charge in [0.05, 0.1) is 11.1 Å². The lowest BCUT2D eigenvalue weighted by Crippen LogP contribution is -2.29. The number of rotatable bonds is 12. The van der Waals surface area contributed by atoms with Crippen LogP contribution in [0.1, 0.15) is 0 Å². The van der Waals surface area contributed by atoms with Crippen molar-refractivity contribution in [3.05, 3.63) is 101 Å². The van der Waals surface area contributed by atoms with E-state index in [9.17, 15) is 0 Å². The standard InChI is InChI=1S/C18H22ClN3OSi.C12H17Cl2N3OSi.C6H7BO2/c1-24(2,3)12-11-23-13-22-10-9-15-16(14-7-5-4-6-8-14)20-18(19)21-17(15)22;1-19(2,3)7-6-18-8-17-5-4-9-10(13)15-12(14)16-11(9)17;8-7(9)6-4-2-1-3-5-6/h4-10H,11-13H2,1-3H3;4-5H,6-8H2,1-3H3;1-5,8-9H.